The molecule has 0 aromatic carbocycles. The van der Waals surface area contributed by atoms with Crippen LogP contribution in [0.2, 0.25) is 0 Å². The van der Waals surface area contributed by atoms with Crippen LogP contribution < -0.4 is 10.0 Å². The molecule has 0 spiro atoms. The second kappa shape index (κ2) is 5.65. The third-order valence-electron chi connectivity index (χ3n) is 2.32. The van der Waals surface area contributed by atoms with E-state index in [1.165, 1.54) is 7.05 Å². The molecule has 1 heterocycles. The van der Waals surface area contributed by atoms with Gasteiger partial charge in [-0.25, -0.2) is 13.1 Å². The Hall–Kier alpha value is -0.170. The molecule has 0 aromatic heterocycles. The molecule has 1 fully saturated rings. The standard InChI is InChI=1S/C8H18N2O3S/c1-9-14(11,12)5-3-10-6-8-2-4-13-7-8/h8-10H,2-7H2,1H3. The molecule has 1 aliphatic heterocycles. The number of nitrogens with one attached hydrogen (secondary N) is 2. The van der Waals surface area contributed by atoms with Crippen molar-refractivity contribution in [2.24, 2.45) is 5.92 Å². The quantitative estimate of drug-likeness (QED) is 0.575. The lowest BCUT2D eigenvalue weighted by atomic mass is 10.1. The highest BCUT2D eigenvalue weighted by molar-refractivity contribution is 7.89. The Balaban J connectivity index is 2.04. The largest absolute Gasteiger partial charge is 0.381 e. The molecule has 6 heteroatoms. The molecule has 5 nitrogen and oxygen atoms in total. The van der Waals surface area contributed by atoms with Gasteiger partial charge in [-0.2, -0.15) is 0 Å². The van der Waals surface area contributed by atoms with Crippen LogP contribution in [-0.2, 0) is 14.8 Å². The van der Waals surface area contributed by atoms with Crippen molar-refractivity contribution in [3.63, 3.8) is 0 Å². The molecule has 0 saturated carbocycles. The molecule has 0 radical (unpaired) electrons. The van der Waals surface area contributed by atoms with E-state index in [0.717, 1.165) is 26.2 Å². The fourth-order valence-electron chi connectivity index (χ4n) is 1.36. The first-order valence-electron chi connectivity index (χ1n) is 4.84. The van der Waals surface area contributed by atoms with Gasteiger partial charge < -0.3 is 10.1 Å². The first-order chi connectivity index (χ1) is 6.64. The van der Waals surface area contributed by atoms with Gasteiger partial charge in [0.2, 0.25) is 10.0 Å². The number of sulfonamides is 1. The van der Waals surface area contributed by atoms with Gasteiger partial charge in [0.1, 0.15) is 0 Å². The molecule has 1 aliphatic rings. The summed E-state index contributed by atoms with van der Waals surface area (Å²) in [6.45, 7) is 2.98. The molecule has 0 aromatic rings. The average Bonchev–Trinajstić information content (AvgIpc) is 2.65. The Kier molecular flexibility index (Phi) is 4.80. The first-order valence-corrected chi connectivity index (χ1v) is 6.49. The van der Waals surface area contributed by atoms with Crippen molar-refractivity contribution in [1.82, 2.24) is 10.0 Å². The zero-order valence-electron chi connectivity index (χ0n) is 8.45. The van der Waals surface area contributed by atoms with Gasteiger partial charge in [-0.15, -0.1) is 0 Å². The summed E-state index contributed by atoms with van der Waals surface area (Å²) >= 11 is 0. The minimum Gasteiger partial charge on any atom is -0.381 e. The van der Waals surface area contributed by atoms with Gasteiger partial charge >= 0.3 is 0 Å². The van der Waals surface area contributed by atoms with Gasteiger partial charge in [0.25, 0.3) is 0 Å². The van der Waals surface area contributed by atoms with Crippen LogP contribution in [0.3, 0.4) is 0 Å². The predicted octanol–water partition coefficient (Wildman–Crippen LogP) is -0.838. The molecule has 0 amide bonds. The summed E-state index contributed by atoms with van der Waals surface area (Å²) in [7, 11) is -1.63. The Bertz CT molecular complexity index is 247. The number of rotatable bonds is 6. The maximum absolute atomic E-state index is 11.0. The summed E-state index contributed by atoms with van der Waals surface area (Å²) in [5, 5.41) is 3.12. The van der Waals surface area contributed by atoms with E-state index < -0.39 is 10.0 Å². The van der Waals surface area contributed by atoms with E-state index in [1.54, 1.807) is 0 Å². The Morgan fingerprint density at radius 3 is 2.86 bits per heavy atom. The van der Waals surface area contributed by atoms with Crippen molar-refractivity contribution in [1.29, 1.82) is 0 Å². The van der Waals surface area contributed by atoms with Crippen LogP contribution in [-0.4, -0.2) is 47.5 Å². The molecule has 1 atom stereocenters. The third-order valence-corrected chi connectivity index (χ3v) is 3.68. The molecule has 14 heavy (non-hydrogen) atoms. The van der Waals surface area contributed by atoms with Crippen LogP contribution in [0.5, 0.6) is 0 Å². The zero-order chi connectivity index (χ0) is 10.4. The Morgan fingerprint density at radius 1 is 1.50 bits per heavy atom. The van der Waals surface area contributed by atoms with Gasteiger partial charge in [-0.1, -0.05) is 0 Å². The summed E-state index contributed by atoms with van der Waals surface area (Å²) in [6.07, 6.45) is 1.08. The predicted molar refractivity (Wildman–Crippen MR) is 54.6 cm³/mol. The van der Waals surface area contributed by atoms with E-state index in [4.69, 9.17) is 4.74 Å². The number of ether oxygens (including phenoxy) is 1. The van der Waals surface area contributed by atoms with Crippen molar-refractivity contribution in [3.05, 3.63) is 0 Å². The second-order valence-electron chi connectivity index (χ2n) is 3.46. The van der Waals surface area contributed by atoms with Gasteiger partial charge in [0.05, 0.1) is 12.4 Å². The molecule has 0 aliphatic carbocycles. The monoisotopic (exact) mass is 222 g/mol. The van der Waals surface area contributed by atoms with E-state index in [2.05, 4.69) is 10.0 Å². The van der Waals surface area contributed by atoms with Crippen molar-refractivity contribution in [3.8, 4) is 0 Å². The summed E-state index contributed by atoms with van der Waals surface area (Å²) in [5.74, 6) is 0.684. The van der Waals surface area contributed by atoms with Crippen LogP contribution in [0, 0.1) is 5.92 Å². The van der Waals surface area contributed by atoms with Gasteiger partial charge in [0, 0.05) is 19.7 Å². The average molecular weight is 222 g/mol. The molecule has 2 N–H and O–H groups in total. The highest BCUT2D eigenvalue weighted by Gasteiger charge is 2.15. The van der Waals surface area contributed by atoms with Crippen molar-refractivity contribution in [2.75, 3.05) is 39.1 Å². The van der Waals surface area contributed by atoms with E-state index in [1.807, 2.05) is 0 Å². The number of hydrogen-bond donors (Lipinski definition) is 2. The Labute approximate surface area is 85.3 Å². The van der Waals surface area contributed by atoms with Crippen molar-refractivity contribution >= 4 is 10.0 Å². The first kappa shape index (κ1) is 11.9. The van der Waals surface area contributed by atoms with Crippen LogP contribution in [0.4, 0.5) is 0 Å². The summed E-state index contributed by atoms with van der Waals surface area (Å²) in [5.41, 5.74) is 0. The molecular weight excluding hydrogens is 204 g/mol. The fraction of sp³-hybridized carbons (Fsp3) is 1.00. The topological polar surface area (TPSA) is 67.4 Å². The lowest BCUT2D eigenvalue weighted by Gasteiger charge is -2.08. The fourth-order valence-corrected chi connectivity index (χ4v) is 1.98. The van der Waals surface area contributed by atoms with Crippen LogP contribution in [0.25, 0.3) is 0 Å². The lowest BCUT2D eigenvalue weighted by molar-refractivity contribution is 0.185. The molecule has 0 bridgehead atoms. The van der Waals surface area contributed by atoms with Gasteiger partial charge in [-0.05, 0) is 19.4 Å². The minimum atomic E-state index is -3.06. The van der Waals surface area contributed by atoms with E-state index >= 15 is 0 Å². The maximum atomic E-state index is 11.0. The summed E-state index contributed by atoms with van der Waals surface area (Å²) in [6, 6.07) is 0. The van der Waals surface area contributed by atoms with E-state index in [0.29, 0.717) is 12.5 Å². The molecule has 84 valence electrons. The maximum Gasteiger partial charge on any atom is 0.212 e. The Morgan fingerprint density at radius 2 is 2.29 bits per heavy atom. The molecule has 1 saturated heterocycles. The van der Waals surface area contributed by atoms with Crippen LogP contribution >= 0.6 is 0 Å². The third kappa shape index (κ3) is 4.36. The van der Waals surface area contributed by atoms with Crippen LogP contribution in [0.15, 0.2) is 0 Å². The lowest BCUT2D eigenvalue weighted by Crippen LogP contribution is -2.32. The van der Waals surface area contributed by atoms with E-state index in [-0.39, 0.29) is 5.75 Å². The molecule has 1 unspecified atom stereocenters. The molecular formula is C8H18N2O3S. The van der Waals surface area contributed by atoms with Gasteiger partial charge in [0.15, 0.2) is 0 Å². The van der Waals surface area contributed by atoms with E-state index in [9.17, 15) is 8.42 Å². The normalized spacial score (nSPS) is 22.8. The smallest absolute Gasteiger partial charge is 0.212 e. The van der Waals surface area contributed by atoms with Crippen molar-refractivity contribution in [2.45, 2.75) is 6.42 Å². The highest BCUT2D eigenvalue weighted by Crippen LogP contribution is 2.10. The number of hydrogen-bond acceptors (Lipinski definition) is 4. The van der Waals surface area contributed by atoms with Crippen LogP contribution in [0.1, 0.15) is 6.42 Å². The summed E-state index contributed by atoms with van der Waals surface area (Å²) < 4.78 is 29.5. The zero-order valence-corrected chi connectivity index (χ0v) is 9.27. The SMILES string of the molecule is CNS(=O)(=O)CCNCC1CCOC1. The second-order valence-corrected chi connectivity index (χ2v) is 5.50. The van der Waals surface area contributed by atoms with Gasteiger partial charge in [-0.3, -0.25) is 0 Å². The molecule has 1 rings (SSSR count). The minimum absolute atomic E-state index is 0.136. The highest BCUT2D eigenvalue weighted by atomic mass is 32.2. The van der Waals surface area contributed by atoms with Crippen molar-refractivity contribution < 1.29 is 13.2 Å². The summed E-state index contributed by atoms with van der Waals surface area (Å²) in [4.78, 5) is 0.